The molecule has 2 heterocycles. The van der Waals surface area contributed by atoms with E-state index in [9.17, 15) is 0 Å². The van der Waals surface area contributed by atoms with Crippen molar-refractivity contribution >= 4 is 53.1 Å². The predicted molar refractivity (Wildman–Crippen MR) is 217 cm³/mol. The van der Waals surface area contributed by atoms with E-state index in [4.69, 9.17) is 9.97 Å². The SMILES string of the molecule is c1ccc(-c2nc(-c3cc(-c4ccc5c(c4)sc4ccccc45)cc(-c4cccc5ccccc45)c3)cc(-c3cccc4ccccc34)n2)cc1. The zero-order chi connectivity index (χ0) is 33.7. The molecule has 0 atom stereocenters. The van der Waals surface area contributed by atoms with E-state index in [0.29, 0.717) is 5.82 Å². The van der Waals surface area contributed by atoms with Gasteiger partial charge in [0.1, 0.15) is 0 Å². The van der Waals surface area contributed by atoms with Crippen LogP contribution in [0.5, 0.6) is 0 Å². The van der Waals surface area contributed by atoms with E-state index in [0.717, 1.165) is 39.2 Å². The van der Waals surface area contributed by atoms with Crippen LogP contribution in [0.4, 0.5) is 0 Å². The molecule has 0 amide bonds. The average Bonchev–Trinajstić information content (AvgIpc) is 3.58. The molecule has 0 aliphatic rings. The molecule has 51 heavy (non-hydrogen) atoms. The Morgan fingerprint density at radius 3 is 1.71 bits per heavy atom. The molecule has 0 spiro atoms. The third kappa shape index (κ3) is 5.27. The number of hydrogen-bond donors (Lipinski definition) is 0. The van der Waals surface area contributed by atoms with E-state index in [1.54, 1.807) is 0 Å². The number of nitrogens with zero attached hydrogens (tertiary/aromatic N) is 2. The highest BCUT2D eigenvalue weighted by Gasteiger charge is 2.16. The molecular weight excluding hydrogens is 637 g/mol. The summed E-state index contributed by atoms with van der Waals surface area (Å²) in [5.41, 5.74) is 9.61. The first-order chi connectivity index (χ1) is 25.2. The van der Waals surface area contributed by atoms with Crippen molar-refractivity contribution in [3.63, 3.8) is 0 Å². The number of benzene rings is 8. The molecule has 238 valence electrons. The number of hydrogen-bond acceptors (Lipinski definition) is 3. The minimum atomic E-state index is 0.708. The molecular formula is C48H30N2S. The Hall–Kier alpha value is -6.42. The highest BCUT2D eigenvalue weighted by atomic mass is 32.1. The van der Waals surface area contributed by atoms with Crippen LogP contribution in [-0.2, 0) is 0 Å². The van der Waals surface area contributed by atoms with Crippen molar-refractivity contribution in [3.8, 4) is 56.2 Å². The maximum atomic E-state index is 5.28. The van der Waals surface area contributed by atoms with E-state index in [1.165, 1.54) is 52.8 Å². The fourth-order valence-electron chi connectivity index (χ4n) is 7.38. The molecule has 10 aromatic rings. The Labute approximate surface area is 300 Å². The Morgan fingerprint density at radius 2 is 0.902 bits per heavy atom. The average molecular weight is 667 g/mol. The second-order valence-corrected chi connectivity index (χ2v) is 14.1. The summed E-state index contributed by atoms with van der Waals surface area (Å²) in [5, 5.41) is 7.42. The van der Waals surface area contributed by atoms with Gasteiger partial charge in [0, 0.05) is 36.9 Å². The van der Waals surface area contributed by atoms with Gasteiger partial charge in [-0.1, -0.05) is 146 Å². The zero-order valence-electron chi connectivity index (χ0n) is 27.6. The van der Waals surface area contributed by atoms with Crippen LogP contribution in [0, 0.1) is 0 Å². The van der Waals surface area contributed by atoms with E-state index in [-0.39, 0.29) is 0 Å². The van der Waals surface area contributed by atoms with E-state index in [1.807, 2.05) is 29.5 Å². The quantitative estimate of drug-likeness (QED) is 0.183. The van der Waals surface area contributed by atoms with Gasteiger partial charge in [0.25, 0.3) is 0 Å². The molecule has 0 bridgehead atoms. The fourth-order valence-corrected chi connectivity index (χ4v) is 8.52. The Balaban J connectivity index is 1.23. The number of aromatic nitrogens is 2. The molecule has 2 nitrogen and oxygen atoms in total. The number of fused-ring (bicyclic) bond motifs is 5. The molecule has 2 aromatic heterocycles. The van der Waals surface area contributed by atoms with Gasteiger partial charge in [-0.25, -0.2) is 9.97 Å². The van der Waals surface area contributed by atoms with Crippen LogP contribution < -0.4 is 0 Å². The first-order valence-corrected chi connectivity index (χ1v) is 18.0. The van der Waals surface area contributed by atoms with Crippen molar-refractivity contribution in [2.24, 2.45) is 0 Å². The summed E-state index contributed by atoms with van der Waals surface area (Å²) in [4.78, 5) is 10.5. The molecule has 8 aromatic carbocycles. The van der Waals surface area contributed by atoms with Gasteiger partial charge >= 0.3 is 0 Å². The van der Waals surface area contributed by atoms with Gasteiger partial charge in [0.15, 0.2) is 5.82 Å². The Kier molecular flexibility index (Phi) is 7.04. The number of rotatable bonds is 5. The molecule has 0 N–H and O–H groups in total. The van der Waals surface area contributed by atoms with Crippen molar-refractivity contribution < 1.29 is 0 Å². The van der Waals surface area contributed by atoms with E-state index < -0.39 is 0 Å². The smallest absolute Gasteiger partial charge is 0.160 e. The lowest BCUT2D eigenvalue weighted by molar-refractivity contribution is 1.18. The van der Waals surface area contributed by atoms with Crippen molar-refractivity contribution in [1.29, 1.82) is 0 Å². The van der Waals surface area contributed by atoms with Crippen LogP contribution in [0.2, 0.25) is 0 Å². The first-order valence-electron chi connectivity index (χ1n) is 17.2. The van der Waals surface area contributed by atoms with E-state index in [2.05, 4.69) is 164 Å². The van der Waals surface area contributed by atoms with Gasteiger partial charge in [0.2, 0.25) is 0 Å². The van der Waals surface area contributed by atoms with Gasteiger partial charge in [-0.3, -0.25) is 0 Å². The second kappa shape index (κ2) is 12.2. The molecule has 10 rings (SSSR count). The van der Waals surface area contributed by atoms with E-state index >= 15 is 0 Å². The molecule has 3 heteroatoms. The summed E-state index contributed by atoms with van der Waals surface area (Å²) in [6.07, 6.45) is 0. The summed E-state index contributed by atoms with van der Waals surface area (Å²) < 4.78 is 2.60. The van der Waals surface area contributed by atoms with Gasteiger partial charge in [-0.2, -0.15) is 0 Å². The maximum absolute atomic E-state index is 5.28. The molecule has 0 aliphatic carbocycles. The fraction of sp³-hybridized carbons (Fsp3) is 0. The van der Waals surface area contributed by atoms with Crippen LogP contribution >= 0.6 is 11.3 Å². The third-order valence-electron chi connectivity index (χ3n) is 9.87. The zero-order valence-corrected chi connectivity index (χ0v) is 28.4. The summed E-state index contributed by atoms with van der Waals surface area (Å²) in [7, 11) is 0. The minimum Gasteiger partial charge on any atom is -0.228 e. The molecule has 0 saturated carbocycles. The summed E-state index contributed by atoms with van der Waals surface area (Å²) in [5.74, 6) is 0.708. The van der Waals surface area contributed by atoms with Crippen LogP contribution in [0.1, 0.15) is 0 Å². The molecule has 0 saturated heterocycles. The lowest BCUT2D eigenvalue weighted by Gasteiger charge is -2.15. The van der Waals surface area contributed by atoms with Crippen molar-refractivity contribution in [3.05, 3.63) is 182 Å². The monoisotopic (exact) mass is 666 g/mol. The van der Waals surface area contributed by atoms with Gasteiger partial charge in [0.05, 0.1) is 11.4 Å². The van der Waals surface area contributed by atoms with Crippen LogP contribution in [-0.4, -0.2) is 9.97 Å². The van der Waals surface area contributed by atoms with Gasteiger partial charge in [-0.05, 0) is 80.2 Å². The van der Waals surface area contributed by atoms with Crippen molar-refractivity contribution in [2.45, 2.75) is 0 Å². The summed E-state index contributed by atoms with van der Waals surface area (Å²) >= 11 is 1.85. The maximum Gasteiger partial charge on any atom is 0.160 e. The lowest BCUT2D eigenvalue weighted by atomic mass is 9.92. The predicted octanol–water partition coefficient (Wildman–Crippen LogP) is 13.5. The molecule has 0 aliphatic heterocycles. The summed E-state index contributed by atoms with van der Waals surface area (Å²) in [6, 6.07) is 65.2. The summed E-state index contributed by atoms with van der Waals surface area (Å²) in [6.45, 7) is 0. The molecule has 0 unspecified atom stereocenters. The van der Waals surface area contributed by atoms with Gasteiger partial charge in [-0.15, -0.1) is 11.3 Å². The topological polar surface area (TPSA) is 25.8 Å². The Bertz CT molecular complexity index is 2910. The highest BCUT2D eigenvalue weighted by Crippen LogP contribution is 2.40. The lowest BCUT2D eigenvalue weighted by Crippen LogP contribution is -1.97. The highest BCUT2D eigenvalue weighted by molar-refractivity contribution is 7.25. The van der Waals surface area contributed by atoms with Crippen LogP contribution in [0.25, 0.3) is 97.9 Å². The van der Waals surface area contributed by atoms with Crippen LogP contribution in [0.3, 0.4) is 0 Å². The third-order valence-corrected chi connectivity index (χ3v) is 11.0. The first kappa shape index (κ1) is 29.5. The van der Waals surface area contributed by atoms with Crippen molar-refractivity contribution in [1.82, 2.24) is 9.97 Å². The van der Waals surface area contributed by atoms with Crippen molar-refractivity contribution in [2.75, 3.05) is 0 Å². The molecule has 0 fully saturated rings. The minimum absolute atomic E-state index is 0.708. The normalized spacial score (nSPS) is 11.5. The van der Waals surface area contributed by atoms with Crippen LogP contribution in [0.15, 0.2) is 182 Å². The van der Waals surface area contributed by atoms with Gasteiger partial charge < -0.3 is 0 Å². The largest absolute Gasteiger partial charge is 0.228 e. The standard InChI is InChI=1S/C48H30N2S/c1-2-14-33(15-3-1)48-49-44(30-45(50-48)41-22-11-17-32-13-5-7-19-39(32)41)37-27-35(26-36(28-37)40-21-10-16-31-12-4-6-18-38(31)40)34-24-25-43-42-20-8-9-23-46(42)51-47(43)29-34/h1-30H. The second-order valence-electron chi connectivity index (χ2n) is 13.0. The Morgan fingerprint density at radius 1 is 0.314 bits per heavy atom. The number of thiophene rings is 1. The molecule has 0 radical (unpaired) electrons.